The molecule has 1 aromatic carbocycles. The van der Waals surface area contributed by atoms with Crippen LogP contribution < -0.4 is 4.74 Å². The van der Waals surface area contributed by atoms with E-state index in [2.05, 4.69) is 13.8 Å². The molecule has 102 valence electrons. The molecule has 0 unspecified atom stereocenters. The number of aryl methyl sites for hydroxylation is 2. The summed E-state index contributed by atoms with van der Waals surface area (Å²) in [4.78, 5) is 0.182. The van der Waals surface area contributed by atoms with E-state index in [1.54, 1.807) is 26.0 Å². The Hall–Kier alpha value is -0.740. The number of rotatable bonds is 5. The van der Waals surface area contributed by atoms with Gasteiger partial charge in [0.05, 0.1) is 11.0 Å². The van der Waals surface area contributed by atoms with E-state index in [1.165, 1.54) is 0 Å². The Bertz CT molecular complexity index is 496. The zero-order valence-corrected chi connectivity index (χ0v) is 12.7. The number of benzene rings is 1. The van der Waals surface area contributed by atoms with E-state index in [0.29, 0.717) is 16.9 Å². The Morgan fingerprint density at radius 3 is 1.94 bits per heavy atom. The lowest BCUT2D eigenvalue weighted by Gasteiger charge is -2.17. The third kappa shape index (κ3) is 3.62. The molecular formula is C13H19ClO3S. The second-order valence-electron chi connectivity index (χ2n) is 4.38. The van der Waals surface area contributed by atoms with Crippen LogP contribution in [0.3, 0.4) is 0 Å². The van der Waals surface area contributed by atoms with Gasteiger partial charge < -0.3 is 4.74 Å². The van der Waals surface area contributed by atoms with E-state index in [9.17, 15) is 8.42 Å². The van der Waals surface area contributed by atoms with Crippen LogP contribution in [0.1, 0.15) is 37.8 Å². The SMILES string of the molecule is CCC(CC)Oc1cc(C)c(S(=O)(=O)Cl)c(C)c1. The number of halogens is 1. The van der Waals surface area contributed by atoms with Crippen molar-refractivity contribution in [3.05, 3.63) is 23.3 Å². The Balaban J connectivity index is 3.15. The molecule has 0 amide bonds. The van der Waals surface area contributed by atoms with Gasteiger partial charge in [0.25, 0.3) is 9.05 Å². The lowest BCUT2D eigenvalue weighted by atomic mass is 10.1. The first-order chi connectivity index (χ1) is 8.29. The van der Waals surface area contributed by atoms with Gasteiger partial charge in [-0.05, 0) is 49.9 Å². The molecule has 1 aromatic rings. The van der Waals surface area contributed by atoms with Crippen molar-refractivity contribution in [2.24, 2.45) is 0 Å². The summed E-state index contributed by atoms with van der Waals surface area (Å²) >= 11 is 0. The van der Waals surface area contributed by atoms with Crippen molar-refractivity contribution < 1.29 is 13.2 Å². The smallest absolute Gasteiger partial charge is 0.261 e. The molecule has 0 fully saturated rings. The first-order valence-electron chi connectivity index (χ1n) is 6.02. The molecule has 0 atom stereocenters. The topological polar surface area (TPSA) is 43.4 Å². The molecule has 0 radical (unpaired) electrons. The summed E-state index contributed by atoms with van der Waals surface area (Å²) in [7, 11) is 1.71. The first kappa shape index (κ1) is 15.3. The molecule has 18 heavy (non-hydrogen) atoms. The summed E-state index contributed by atoms with van der Waals surface area (Å²) in [6.07, 6.45) is 2.00. The van der Waals surface area contributed by atoms with Crippen molar-refractivity contribution in [3.8, 4) is 5.75 Å². The van der Waals surface area contributed by atoms with Crippen molar-refractivity contribution in [1.29, 1.82) is 0 Å². The summed E-state index contributed by atoms with van der Waals surface area (Å²) in [5.74, 6) is 0.697. The molecule has 0 N–H and O–H groups in total. The van der Waals surface area contributed by atoms with Crippen LogP contribution in [0.25, 0.3) is 0 Å². The lowest BCUT2D eigenvalue weighted by molar-refractivity contribution is 0.192. The van der Waals surface area contributed by atoms with Crippen molar-refractivity contribution in [3.63, 3.8) is 0 Å². The van der Waals surface area contributed by atoms with Crippen molar-refractivity contribution in [1.82, 2.24) is 0 Å². The van der Waals surface area contributed by atoms with Crippen LogP contribution in [0, 0.1) is 13.8 Å². The van der Waals surface area contributed by atoms with Crippen LogP contribution in [-0.2, 0) is 9.05 Å². The van der Waals surface area contributed by atoms with Gasteiger partial charge in [-0.15, -0.1) is 0 Å². The van der Waals surface area contributed by atoms with Crippen LogP contribution in [0.2, 0.25) is 0 Å². The number of hydrogen-bond acceptors (Lipinski definition) is 3. The minimum atomic E-state index is -3.70. The summed E-state index contributed by atoms with van der Waals surface area (Å²) in [5.41, 5.74) is 1.23. The van der Waals surface area contributed by atoms with Gasteiger partial charge in [-0.3, -0.25) is 0 Å². The van der Waals surface area contributed by atoms with Gasteiger partial charge in [0, 0.05) is 10.7 Å². The standard InChI is InChI=1S/C13H19ClO3S/c1-5-11(6-2)17-12-7-9(3)13(10(4)8-12)18(14,15)16/h7-8,11H,5-6H2,1-4H3. The van der Waals surface area contributed by atoms with E-state index >= 15 is 0 Å². The minimum Gasteiger partial charge on any atom is -0.490 e. The third-order valence-corrected chi connectivity index (χ3v) is 4.49. The van der Waals surface area contributed by atoms with Gasteiger partial charge in [-0.2, -0.15) is 0 Å². The van der Waals surface area contributed by atoms with Crippen LogP contribution in [-0.4, -0.2) is 14.5 Å². The largest absolute Gasteiger partial charge is 0.490 e. The zero-order valence-electron chi connectivity index (χ0n) is 11.2. The highest BCUT2D eigenvalue weighted by Crippen LogP contribution is 2.29. The fourth-order valence-corrected chi connectivity index (χ4v) is 3.63. The summed E-state index contributed by atoms with van der Waals surface area (Å²) < 4.78 is 28.7. The predicted octanol–water partition coefficient (Wildman–Crippen LogP) is 3.80. The van der Waals surface area contributed by atoms with Gasteiger partial charge in [0.2, 0.25) is 0 Å². The van der Waals surface area contributed by atoms with Crippen LogP contribution in [0.4, 0.5) is 0 Å². The van der Waals surface area contributed by atoms with Crippen molar-refractivity contribution in [2.75, 3.05) is 0 Å². The third-order valence-electron chi connectivity index (χ3n) is 2.89. The zero-order chi connectivity index (χ0) is 13.9. The molecule has 1 rings (SSSR count). The Morgan fingerprint density at radius 1 is 1.17 bits per heavy atom. The predicted molar refractivity (Wildman–Crippen MR) is 74.0 cm³/mol. The van der Waals surface area contributed by atoms with Gasteiger partial charge in [0.1, 0.15) is 5.75 Å². The van der Waals surface area contributed by atoms with Crippen LogP contribution in [0.15, 0.2) is 17.0 Å². The monoisotopic (exact) mass is 290 g/mol. The summed E-state index contributed by atoms with van der Waals surface area (Å²) in [5, 5.41) is 0. The van der Waals surface area contributed by atoms with E-state index in [0.717, 1.165) is 12.8 Å². The molecule has 3 nitrogen and oxygen atoms in total. The first-order valence-corrected chi connectivity index (χ1v) is 8.33. The Kier molecular flexibility index (Phi) is 5.05. The quantitative estimate of drug-likeness (QED) is 0.775. The molecule has 0 saturated carbocycles. The average molecular weight is 291 g/mol. The van der Waals surface area contributed by atoms with E-state index < -0.39 is 9.05 Å². The van der Waals surface area contributed by atoms with E-state index in [-0.39, 0.29) is 11.0 Å². The highest BCUT2D eigenvalue weighted by Gasteiger charge is 2.18. The Morgan fingerprint density at radius 2 is 1.61 bits per heavy atom. The van der Waals surface area contributed by atoms with Gasteiger partial charge >= 0.3 is 0 Å². The molecule has 0 saturated heterocycles. The maximum absolute atomic E-state index is 11.4. The summed E-state index contributed by atoms with van der Waals surface area (Å²) in [6.45, 7) is 7.57. The maximum Gasteiger partial charge on any atom is 0.261 e. The lowest BCUT2D eigenvalue weighted by Crippen LogP contribution is -2.14. The summed E-state index contributed by atoms with van der Waals surface area (Å²) in [6, 6.07) is 3.45. The van der Waals surface area contributed by atoms with Gasteiger partial charge in [-0.1, -0.05) is 13.8 Å². The molecule has 0 aliphatic heterocycles. The molecule has 0 aromatic heterocycles. The molecule has 0 heterocycles. The minimum absolute atomic E-state index is 0.155. The van der Waals surface area contributed by atoms with Gasteiger partial charge in [0.15, 0.2) is 0 Å². The van der Waals surface area contributed by atoms with Gasteiger partial charge in [-0.25, -0.2) is 8.42 Å². The second kappa shape index (κ2) is 5.93. The number of ether oxygens (including phenoxy) is 1. The van der Waals surface area contributed by atoms with Crippen molar-refractivity contribution in [2.45, 2.75) is 51.5 Å². The molecule has 0 aliphatic carbocycles. The van der Waals surface area contributed by atoms with Crippen LogP contribution >= 0.6 is 10.7 Å². The Labute approximate surface area is 114 Å². The molecule has 0 aliphatic rings. The number of hydrogen-bond donors (Lipinski definition) is 0. The normalized spacial score (nSPS) is 11.9. The highest BCUT2D eigenvalue weighted by molar-refractivity contribution is 8.13. The van der Waals surface area contributed by atoms with Crippen LogP contribution in [0.5, 0.6) is 5.75 Å². The maximum atomic E-state index is 11.4. The second-order valence-corrected chi connectivity index (χ2v) is 6.88. The molecule has 0 spiro atoms. The average Bonchev–Trinajstić information content (AvgIpc) is 2.22. The fourth-order valence-electron chi connectivity index (χ4n) is 2.01. The molecule has 0 bridgehead atoms. The van der Waals surface area contributed by atoms with E-state index in [4.69, 9.17) is 15.4 Å². The molecule has 5 heteroatoms. The molecular weight excluding hydrogens is 272 g/mol. The highest BCUT2D eigenvalue weighted by atomic mass is 35.7. The van der Waals surface area contributed by atoms with Crippen molar-refractivity contribution >= 4 is 19.7 Å². The fraction of sp³-hybridized carbons (Fsp3) is 0.538. The van der Waals surface area contributed by atoms with E-state index in [1.807, 2.05) is 0 Å².